The van der Waals surface area contributed by atoms with Crippen LogP contribution in [0.5, 0.6) is 0 Å². The van der Waals surface area contributed by atoms with E-state index in [1.54, 1.807) is 0 Å². The van der Waals surface area contributed by atoms with Crippen LogP contribution in [0.1, 0.15) is 67.2 Å². The summed E-state index contributed by atoms with van der Waals surface area (Å²) in [5.41, 5.74) is 6.30. The normalized spacial score (nSPS) is 30.5. The van der Waals surface area contributed by atoms with Crippen molar-refractivity contribution >= 4 is 0 Å². The van der Waals surface area contributed by atoms with Gasteiger partial charge in [0.15, 0.2) is 0 Å². The molecule has 0 aromatic heterocycles. The van der Waals surface area contributed by atoms with Crippen molar-refractivity contribution < 1.29 is 4.74 Å². The summed E-state index contributed by atoms with van der Waals surface area (Å²) in [6, 6.07) is 0. The molecular weight excluding hydrogens is 222 g/mol. The molecule has 0 bridgehead atoms. The molecule has 0 aromatic carbocycles. The van der Waals surface area contributed by atoms with E-state index < -0.39 is 0 Å². The lowest BCUT2D eigenvalue weighted by Gasteiger charge is -2.44. The quantitative estimate of drug-likeness (QED) is 0.824. The van der Waals surface area contributed by atoms with E-state index in [9.17, 15) is 0 Å². The predicted octanol–water partition coefficient (Wildman–Crippen LogP) is 3.98. The maximum Gasteiger partial charge on any atom is 0.0627 e. The number of ether oxygens (including phenoxy) is 1. The highest BCUT2D eigenvalue weighted by atomic mass is 16.5. The van der Waals surface area contributed by atoms with Gasteiger partial charge in [-0.2, -0.15) is 0 Å². The molecule has 2 nitrogen and oxygen atoms in total. The Hall–Kier alpha value is -0.0800. The molecule has 1 aliphatic carbocycles. The van der Waals surface area contributed by atoms with Crippen molar-refractivity contribution in [2.24, 2.45) is 23.0 Å². The van der Waals surface area contributed by atoms with E-state index in [4.69, 9.17) is 10.5 Å². The summed E-state index contributed by atoms with van der Waals surface area (Å²) in [6.07, 6.45) is 5.11. The molecule has 0 saturated heterocycles. The average molecular weight is 255 g/mol. The molecular formula is C16H33NO. The summed E-state index contributed by atoms with van der Waals surface area (Å²) in [5.74, 6) is 1.31. The first-order chi connectivity index (χ1) is 8.19. The van der Waals surface area contributed by atoms with Crippen LogP contribution in [0, 0.1) is 17.3 Å². The van der Waals surface area contributed by atoms with E-state index >= 15 is 0 Å². The lowest BCUT2D eigenvalue weighted by atomic mass is 9.68. The Kier molecular flexibility index (Phi) is 5.25. The average Bonchev–Trinajstić information content (AvgIpc) is 2.27. The first-order valence-corrected chi connectivity index (χ1v) is 7.57. The molecule has 0 aromatic rings. The molecule has 18 heavy (non-hydrogen) atoms. The Morgan fingerprint density at radius 3 is 2.17 bits per heavy atom. The van der Waals surface area contributed by atoms with Gasteiger partial charge in [0.05, 0.1) is 11.7 Å². The van der Waals surface area contributed by atoms with Crippen molar-refractivity contribution in [3.63, 3.8) is 0 Å². The van der Waals surface area contributed by atoms with E-state index in [1.165, 1.54) is 19.3 Å². The van der Waals surface area contributed by atoms with Gasteiger partial charge in [0.1, 0.15) is 0 Å². The van der Waals surface area contributed by atoms with E-state index in [0.29, 0.717) is 17.4 Å². The Balaban J connectivity index is 2.71. The lowest BCUT2D eigenvalue weighted by molar-refractivity contribution is -0.123. The fourth-order valence-corrected chi connectivity index (χ4v) is 2.89. The zero-order valence-electron chi connectivity index (χ0n) is 13.3. The molecule has 0 spiro atoms. The Morgan fingerprint density at radius 2 is 1.72 bits per heavy atom. The van der Waals surface area contributed by atoms with Crippen molar-refractivity contribution in [3.05, 3.63) is 0 Å². The Morgan fingerprint density at radius 1 is 1.11 bits per heavy atom. The van der Waals surface area contributed by atoms with Gasteiger partial charge < -0.3 is 10.5 Å². The summed E-state index contributed by atoms with van der Waals surface area (Å²) in [7, 11) is 0. The topological polar surface area (TPSA) is 35.2 Å². The zero-order chi connectivity index (χ0) is 14.0. The van der Waals surface area contributed by atoms with Crippen LogP contribution in [0.15, 0.2) is 0 Å². The highest BCUT2D eigenvalue weighted by molar-refractivity contribution is 4.88. The summed E-state index contributed by atoms with van der Waals surface area (Å²) >= 11 is 0. The smallest absolute Gasteiger partial charge is 0.0627 e. The minimum atomic E-state index is -0.0160. The van der Waals surface area contributed by atoms with E-state index in [0.717, 1.165) is 18.9 Å². The van der Waals surface area contributed by atoms with Gasteiger partial charge in [-0.05, 0) is 63.3 Å². The standard InChI is InChI=1S/C16H33NO/c1-7-16(5,6)18-14-10-13(15(2,3)4)9-8-12(14)11-17/h12-14H,7-11,17H2,1-6H3. The molecule has 1 rings (SSSR count). The third kappa shape index (κ3) is 4.24. The summed E-state index contributed by atoms with van der Waals surface area (Å²) in [4.78, 5) is 0. The van der Waals surface area contributed by atoms with Gasteiger partial charge in [0.25, 0.3) is 0 Å². The summed E-state index contributed by atoms with van der Waals surface area (Å²) in [6.45, 7) is 14.4. The maximum absolute atomic E-state index is 6.38. The van der Waals surface area contributed by atoms with Crippen molar-refractivity contribution in [3.8, 4) is 0 Å². The molecule has 3 atom stereocenters. The second-order valence-corrected chi connectivity index (χ2v) is 7.64. The third-order valence-corrected chi connectivity index (χ3v) is 4.78. The summed E-state index contributed by atoms with van der Waals surface area (Å²) < 4.78 is 6.38. The van der Waals surface area contributed by atoms with Gasteiger partial charge >= 0.3 is 0 Å². The van der Waals surface area contributed by atoms with Crippen LogP contribution in [0.2, 0.25) is 0 Å². The monoisotopic (exact) mass is 255 g/mol. The van der Waals surface area contributed by atoms with Crippen LogP contribution < -0.4 is 5.73 Å². The first-order valence-electron chi connectivity index (χ1n) is 7.57. The minimum Gasteiger partial charge on any atom is -0.372 e. The van der Waals surface area contributed by atoms with E-state index in [2.05, 4.69) is 41.5 Å². The minimum absolute atomic E-state index is 0.0160. The van der Waals surface area contributed by atoms with Crippen LogP contribution in [-0.4, -0.2) is 18.2 Å². The lowest BCUT2D eigenvalue weighted by Crippen LogP contribution is -2.43. The molecule has 1 aliphatic rings. The summed E-state index contributed by atoms with van der Waals surface area (Å²) in [5, 5.41) is 0. The van der Waals surface area contributed by atoms with Gasteiger partial charge in [0.2, 0.25) is 0 Å². The van der Waals surface area contributed by atoms with Gasteiger partial charge in [-0.15, -0.1) is 0 Å². The van der Waals surface area contributed by atoms with Gasteiger partial charge in [-0.25, -0.2) is 0 Å². The Bertz CT molecular complexity index is 254. The van der Waals surface area contributed by atoms with Gasteiger partial charge in [-0.1, -0.05) is 27.7 Å². The fraction of sp³-hybridized carbons (Fsp3) is 1.00. The molecule has 2 N–H and O–H groups in total. The van der Waals surface area contributed by atoms with Crippen molar-refractivity contribution in [2.45, 2.75) is 78.9 Å². The second-order valence-electron chi connectivity index (χ2n) is 7.64. The van der Waals surface area contributed by atoms with Crippen LogP contribution in [0.4, 0.5) is 0 Å². The van der Waals surface area contributed by atoms with Crippen LogP contribution in [0.3, 0.4) is 0 Å². The molecule has 0 amide bonds. The molecule has 0 radical (unpaired) electrons. The first kappa shape index (κ1) is 16.0. The molecule has 1 saturated carbocycles. The number of hydrogen-bond donors (Lipinski definition) is 1. The number of rotatable bonds is 4. The van der Waals surface area contributed by atoms with E-state index in [1.807, 2.05) is 0 Å². The highest BCUT2D eigenvalue weighted by Gasteiger charge is 2.37. The predicted molar refractivity (Wildman–Crippen MR) is 78.6 cm³/mol. The van der Waals surface area contributed by atoms with Crippen molar-refractivity contribution in [2.75, 3.05) is 6.54 Å². The highest BCUT2D eigenvalue weighted by Crippen LogP contribution is 2.41. The molecule has 3 unspecified atom stereocenters. The van der Waals surface area contributed by atoms with Crippen molar-refractivity contribution in [1.82, 2.24) is 0 Å². The fourth-order valence-electron chi connectivity index (χ4n) is 2.89. The number of hydrogen-bond acceptors (Lipinski definition) is 2. The molecule has 0 heterocycles. The maximum atomic E-state index is 6.38. The molecule has 0 aliphatic heterocycles. The Labute approximate surface area is 114 Å². The third-order valence-electron chi connectivity index (χ3n) is 4.78. The van der Waals surface area contributed by atoms with Crippen LogP contribution >= 0.6 is 0 Å². The van der Waals surface area contributed by atoms with Crippen LogP contribution in [-0.2, 0) is 4.74 Å². The van der Waals surface area contributed by atoms with E-state index in [-0.39, 0.29) is 5.60 Å². The zero-order valence-corrected chi connectivity index (χ0v) is 13.3. The van der Waals surface area contributed by atoms with Gasteiger partial charge in [0, 0.05) is 0 Å². The SMILES string of the molecule is CCC(C)(C)OC1CC(C(C)(C)C)CCC1CN. The second kappa shape index (κ2) is 5.92. The molecule has 1 fully saturated rings. The van der Waals surface area contributed by atoms with Gasteiger partial charge in [-0.3, -0.25) is 0 Å². The number of nitrogens with two attached hydrogens (primary N) is 1. The molecule has 108 valence electrons. The van der Waals surface area contributed by atoms with Crippen molar-refractivity contribution in [1.29, 1.82) is 0 Å². The largest absolute Gasteiger partial charge is 0.372 e. The molecule has 2 heteroatoms. The van der Waals surface area contributed by atoms with Crippen LogP contribution in [0.25, 0.3) is 0 Å².